The van der Waals surface area contributed by atoms with Crippen molar-refractivity contribution in [1.82, 2.24) is 5.32 Å². The Morgan fingerprint density at radius 2 is 2.32 bits per heavy atom. The first-order chi connectivity index (χ1) is 9.08. The van der Waals surface area contributed by atoms with Crippen LogP contribution in [0.2, 0.25) is 5.02 Å². The second-order valence-electron chi connectivity index (χ2n) is 4.85. The molecule has 1 aliphatic heterocycles. The van der Waals surface area contributed by atoms with Gasteiger partial charge in [0.25, 0.3) is 0 Å². The van der Waals surface area contributed by atoms with Crippen molar-refractivity contribution in [3.05, 3.63) is 28.8 Å². The van der Waals surface area contributed by atoms with Crippen LogP contribution in [-0.4, -0.2) is 23.9 Å². The van der Waals surface area contributed by atoms with Gasteiger partial charge in [-0.2, -0.15) is 0 Å². The fraction of sp³-hybridized carbons (Fsp3) is 0.500. The van der Waals surface area contributed by atoms with Gasteiger partial charge in [0.15, 0.2) is 5.11 Å². The highest BCUT2D eigenvalue weighted by Crippen LogP contribution is 2.23. The van der Waals surface area contributed by atoms with E-state index in [4.69, 9.17) is 28.6 Å². The van der Waals surface area contributed by atoms with Crippen LogP contribution in [0.25, 0.3) is 0 Å². The zero-order valence-corrected chi connectivity index (χ0v) is 12.8. The third-order valence-corrected chi connectivity index (χ3v) is 4.03. The Morgan fingerprint density at radius 3 is 3.00 bits per heavy atom. The lowest BCUT2D eigenvalue weighted by molar-refractivity contribution is 0.0895. The maximum atomic E-state index is 6.08. The van der Waals surface area contributed by atoms with Crippen LogP contribution in [0.4, 0.5) is 5.69 Å². The molecule has 5 heteroatoms. The molecule has 19 heavy (non-hydrogen) atoms. The Kier molecular flexibility index (Phi) is 5.02. The predicted molar refractivity (Wildman–Crippen MR) is 84.0 cm³/mol. The number of nitrogens with one attached hydrogen (secondary N) is 2. The minimum absolute atomic E-state index is 0.210. The lowest BCUT2D eigenvalue weighted by Crippen LogP contribution is -2.42. The first-order valence-electron chi connectivity index (χ1n) is 6.52. The summed E-state index contributed by atoms with van der Waals surface area (Å²) in [6.07, 6.45) is 2.47. The van der Waals surface area contributed by atoms with E-state index in [0.29, 0.717) is 5.11 Å². The molecule has 1 fully saturated rings. The molecule has 2 N–H and O–H groups in total. The molecule has 0 saturated carbocycles. The highest BCUT2D eigenvalue weighted by atomic mass is 35.5. The lowest BCUT2D eigenvalue weighted by Gasteiger charge is -2.22. The van der Waals surface area contributed by atoms with E-state index in [2.05, 4.69) is 17.6 Å². The smallest absolute Gasteiger partial charge is 0.171 e. The van der Waals surface area contributed by atoms with Crippen LogP contribution in [0.5, 0.6) is 0 Å². The molecule has 2 rings (SSSR count). The van der Waals surface area contributed by atoms with Gasteiger partial charge < -0.3 is 15.4 Å². The molecule has 0 aromatic heterocycles. The van der Waals surface area contributed by atoms with E-state index in [9.17, 15) is 0 Å². The summed E-state index contributed by atoms with van der Waals surface area (Å²) in [6, 6.07) is 5.95. The fourth-order valence-electron chi connectivity index (χ4n) is 2.20. The molecule has 1 aliphatic rings. The first-order valence-corrected chi connectivity index (χ1v) is 7.31. The molecule has 2 atom stereocenters. The summed E-state index contributed by atoms with van der Waals surface area (Å²) in [4.78, 5) is 0. The van der Waals surface area contributed by atoms with Crippen molar-refractivity contribution >= 4 is 34.6 Å². The van der Waals surface area contributed by atoms with Crippen molar-refractivity contribution in [3.63, 3.8) is 0 Å². The van der Waals surface area contributed by atoms with Gasteiger partial charge in [-0.3, -0.25) is 0 Å². The number of ether oxygens (including phenoxy) is 1. The van der Waals surface area contributed by atoms with E-state index in [1.54, 1.807) is 0 Å². The summed E-state index contributed by atoms with van der Waals surface area (Å²) in [5, 5.41) is 7.80. The molecule has 3 nitrogen and oxygen atoms in total. The van der Waals surface area contributed by atoms with Crippen LogP contribution in [-0.2, 0) is 4.74 Å². The van der Waals surface area contributed by atoms with Gasteiger partial charge in [-0.25, -0.2) is 0 Å². The molecule has 0 unspecified atom stereocenters. The van der Waals surface area contributed by atoms with Crippen molar-refractivity contribution in [2.75, 3.05) is 11.9 Å². The lowest BCUT2D eigenvalue weighted by atomic mass is 10.1. The van der Waals surface area contributed by atoms with E-state index in [1.165, 1.54) is 0 Å². The second-order valence-corrected chi connectivity index (χ2v) is 5.67. The van der Waals surface area contributed by atoms with E-state index < -0.39 is 0 Å². The third kappa shape index (κ3) is 3.81. The molecule has 1 heterocycles. The van der Waals surface area contributed by atoms with Crippen molar-refractivity contribution in [2.24, 2.45) is 0 Å². The van der Waals surface area contributed by atoms with Gasteiger partial charge in [0.05, 0.1) is 12.1 Å². The number of thiocarbonyl (C=S) groups is 1. The number of anilines is 1. The molecule has 0 aliphatic carbocycles. The monoisotopic (exact) mass is 298 g/mol. The van der Waals surface area contributed by atoms with Crippen LogP contribution in [0, 0.1) is 6.92 Å². The summed E-state index contributed by atoms with van der Waals surface area (Å²) >= 11 is 11.4. The number of halogens is 1. The minimum atomic E-state index is 0.210. The molecular formula is C14H19ClN2OS. The minimum Gasteiger partial charge on any atom is -0.376 e. The molecule has 104 valence electrons. The van der Waals surface area contributed by atoms with E-state index >= 15 is 0 Å². The third-order valence-electron chi connectivity index (χ3n) is 3.40. The number of hydrogen-bond acceptors (Lipinski definition) is 2. The summed E-state index contributed by atoms with van der Waals surface area (Å²) in [7, 11) is 0. The van der Waals surface area contributed by atoms with Gasteiger partial charge >= 0.3 is 0 Å². The largest absolute Gasteiger partial charge is 0.376 e. The molecule has 0 radical (unpaired) electrons. The Labute approximate surface area is 124 Å². The zero-order chi connectivity index (χ0) is 13.8. The molecule has 1 aromatic carbocycles. The maximum absolute atomic E-state index is 6.08. The molecule has 0 bridgehead atoms. The van der Waals surface area contributed by atoms with Crippen molar-refractivity contribution < 1.29 is 4.74 Å². The topological polar surface area (TPSA) is 33.3 Å². The summed E-state index contributed by atoms with van der Waals surface area (Å²) in [5.41, 5.74) is 1.93. The Balaban J connectivity index is 1.91. The SMILES string of the molecule is Cc1c(Cl)cccc1NC(=S)N[C@H](C)[C@H]1CCCO1. The normalized spacial score (nSPS) is 20.1. The Bertz CT molecular complexity index is 461. The molecule has 1 aromatic rings. The fourth-order valence-corrected chi connectivity index (χ4v) is 2.67. The Hall–Kier alpha value is -0.840. The van der Waals surface area contributed by atoms with Crippen LogP contribution >= 0.6 is 23.8 Å². The summed E-state index contributed by atoms with van der Waals surface area (Å²) < 4.78 is 5.64. The van der Waals surface area contributed by atoms with Gasteiger partial charge in [0.2, 0.25) is 0 Å². The van der Waals surface area contributed by atoms with Crippen molar-refractivity contribution in [2.45, 2.75) is 38.8 Å². The van der Waals surface area contributed by atoms with E-state index in [0.717, 1.165) is 35.7 Å². The van der Waals surface area contributed by atoms with Crippen LogP contribution in [0.3, 0.4) is 0 Å². The van der Waals surface area contributed by atoms with Gasteiger partial charge in [-0.05, 0) is 56.6 Å². The summed E-state index contributed by atoms with van der Waals surface area (Å²) in [6.45, 7) is 4.91. The van der Waals surface area contributed by atoms with Gasteiger partial charge in [0.1, 0.15) is 0 Å². The molecular weight excluding hydrogens is 280 g/mol. The summed E-state index contributed by atoms with van der Waals surface area (Å²) in [5.74, 6) is 0. The van der Waals surface area contributed by atoms with Crippen LogP contribution < -0.4 is 10.6 Å². The van der Waals surface area contributed by atoms with E-state index in [1.807, 2.05) is 25.1 Å². The van der Waals surface area contributed by atoms with E-state index in [-0.39, 0.29) is 12.1 Å². The standard InChI is InChI=1S/C14H19ClN2OS/c1-9-11(15)5-3-6-12(9)17-14(19)16-10(2)13-7-4-8-18-13/h3,5-6,10,13H,4,7-8H2,1-2H3,(H2,16,17,19)/t10-,13-/m1/s1. The quantitative estimate of drug-likeness (QED) is 0.837. The number of rotatable bonds is 3. The predicted octanol–water partition coefficient (Wildman–Crippen LogP) is 3.50. The number of benzene rings is 1. The average molecular weight is 299 g/mol. The number of hydrogen-bond donors (Lipinski definition) is 2. The average Bonchev–Trinajstić information content (AvgIpc) is 2.88. The van der Waals surface area contributed by atoms with Gasteiger partial charge in [-0.1, -0.05) is 17.7 Å². The first kappa shape index (κ1) is 14.6. The highest BCUT2D eigenvalue weighted by molar-refractivity contribution is 7.80. The van der Waals surface area contributed by atoms with Crippen LogP contribution in [0.15, 0.2) is 18.2 Å². The maximum Gasteiger partial charge on any atom is 0.171 e. The Morgan fingerprint density at radius 1 is 1.53 bits per heavy atom. The zero-order valence-electron chi connectivity index (χ0n) is 11.2. The van der Waals surface area contributed by atoms with Crippen molar-refractivity contribution in [1.29, 1.82) is 0 Å². The molecule has 0 spiro atoms. The van der Waals surface area contributed by atoms with Crippen LogP contribution in [0.1, 0.15) is 25.3 Å². The van der Waals surface area contributed by atoms with Crippen molar-refractivity contribution in [3.8, 4) is 0 Å². The van der Waals surface area contributed by atoms with Gasteiger partial charge in [-0.15, -0.1) is 0 Å². The second kappa shape index (κ2) is 6.55. The highest BCUT2D eigenvalue weighted by Gasteiger charge is 2.22. The molecule has 1 saturated heterocycles. The molecule has 0 amide bonds. The van der Waals surface area contributed by atoms with Gasteiger partial charge in [0, 0.05) is 17.3 Å².